The highest BCUT2D eigenvalue weighted by molar-refractivity contribution is 7.14. The summed E-state index contributed by atoms with van der Waals surface area (Å²) in [7, 11) is 1.91. The van der Waals surface area contributed by atoms with E-state index >= 15 is 0 Å². The van der Waals surface area contributed by atoms with Gasteiger partial charge < -0.3 is 4.90 Å². The molecule has 1 aliphatic rings. The average Bonchev–Trinajstić information content (AvgIpc) is 3.28. The van der Waals surface area contributed by atoms with Gasteiger partial charge in [-0.15, -0.1) is 11.3 Å². The van der Waals surface area contributed by atoms with Gasteiger partial charge in [0.15, 0.2) is 0 Å². The lowest BCUT2D eigenvalue weighted by molar-refractivity contribution is 0.0796. The Morgan fingerprint density at radius 2 is 2.04 bits per heavy atom. The van der Waals surface area contributed by atoms with Crippen LogP contribution in [0.1, 0.15) is 57.9 Å². The fraction of sp³-hybridized carbons (Fsp3) is 0.476. The lowest BCUT2D eigenvalue weighted by Crippen LogP contribution is -2.32. The van der Waals surface area contributed by atoms with E-state index in [-0.39, 0.29) is 5.91 Å². The van der Waals surface area contributed by atoms with E-state index in [1.54, 1.807) is 11.3 Å². The molecule has 2 unspecified atom stereocenters. The maximum Gasteiger partial charge on any atom is 0.263 e. The van der Waals surface area contributed by atoms with Crippen LogP contribution in [0.5, 0.6) is 0 Å². The van der Waals surface area contributed by atoms with Gasteiger partial charge in [-0.25, -0.2) is 0 Å². The smallest absolute Gasteiger partial charge is 0.263 e. The number of carbonyl (C=O) groups excluding carboxylic acids is 1. The number of aryl methyl sites for hydroxylation is 2. The number of nitrogens with one attached hydrogen (secondary N) is 2. The van der Waals surface area contributed by atoms with Gasteiger partial charge >= 0.3 is 0 Å². The minimum Gasteiger partial charge on any atom is -0.341 e. The molecule has 0 radical (unpaired) electrons. The van der Waals surface area contributed by atoms with Crippen LogP contribution in [0, 0.1) is 6.92 Å². The van der Waals surface area contributed by atoms with E-state index in [1.165, 1.54) is 16.0 Å². The number of benzene rings is 1. The van der Waals surface area contributed by atoms with Crippen LogP contribution in [-0.2, 0) is 6.42 Å². The predicted molar refractivity (Wildman–Crippen MR) is 108 cm³/mol. The highest BCUT2D eigenvalue weighted by Crippen LogP contribution is 2.25. The molecule has 0 aliphatic carbocycles. The summed E-state index contributed by atoms with van der Waals surface area (Å²) in [5.74, 6) is 0.150. The van der Waals surface area contributed by atoms with Gasteiger partial charge in [-0.3, -0.25) is 15.6 Å². The topological polar surface area (TPSA) is 44.4 Å². The summed E-state index contributed by atoms with van der Waals surface area (Å²) >= 11 is 1.64. The molecular formula is C21H29N3OS. The first-order valence-electron chi connectivity index (χ1n) is 9.49. The molecule has 5 heteroatoms. The molecule has 1 saturated heterocycles. The number of hydrogen-bond donors (Lipinski definition) is 2. The fourth-order valence-electron chi connectivity index (χ4n) is 3.56. The van der Waals surface area contributed by atoms with E-state index in [2.05, 4.69) is 55.0 Å². The molecule has 140 valence electrons. The van der Waals surface area contributed by atoms with Crippen molar-refractivity contribution in [3.8, 4) is 0 Å². The van der Waals surface area contributed by atoms with Gasteiger partial charge in [-0.05, 0) is 49.8 Å². The molecular weight excluding hydrogens is 342 g/mol. The van der Waals surface area contributed by atoms with E-state index in [0.717, 1.165) is 37.1 Å². The fourth-order valence-corrected chi connectivity index (χ4v) is 4.66. The van der Waals surface area contributed by atoms with Gasteiger partial charge in [0.05, 0.1) is 4.88 Å². The van der Waals surface area contributed by atoms with Gasteiger partial charge in [0.1, 0.15) is 0 Å². The molecule has 4 nitrogen and oxygen atoms in total. The molecule has 0 bridgehead atoms. The van der Waals surface area contributed by atoms with Crippen LogP contribution >= 0.6 is 11.3 Å². The normalized spacial score (nSPS) is 19.7. The van der Waals surface area contributed by atoms with Gasteiger partial charge in [-0.2, -0.15) is 0 Å². The molecule has 2 atom stereocenters. The molecule has 1 aromatic carbocycles. The number of hydrazine groups is 1. The van der Waals surface area contributed by atoms with Crippen LogP contribution in [-0.4, -0.2) is 30.4 Å². The van der Waals surface area contributed by atoms with E-state index in [4.69, 9.17) is 0 Å². The van der Waals surface area contributed by atoms with Crippen molar-refractivity contribution in [2.75, 3.05) is 13.6 Å². The first kappa shape index (κ1) is 19.1. The zero-order chi connectivity index (χ0) is 18.5. The van der Waals surface area contributed by atoms with Crippen molar-refractivity contribution in [2.45, 2.75) is 51.6 Å². The van der Waals surface area contributed by atoms with Gasteiger partial charge in [-0.1, -0.05) is 37.3 Å². The van der Waals surface area contributed by atoms with Crippen molar-refractivity contribution in [3.05, 3.63) is 57.3 Å². The van der Waals surface area contributed by atoms with Crippen LogP contribution in [0.3, 0.4) is 0 Å². The molecule has 3 rings (SSSR count). The van der Waals surface area contributed by atoms with Gasteiger partial charge in [0.2, 0.25) is 0 Å². The predicted octanol–water partition coefficient (Wildman–Crippen LogP) is 4.08. The monoisotopic (exact) mass is 371 g/mol. The summed E-state index contributed by atoms with van der Waals surface area (Å²) in [6.07, 6.45) is 4.16. The summed E-state index contributed by atoms with van der Waals surface area (Å²) in [6.45, 7) is 5.03. The zero-order valence-corrected chi connectivity index (χ0v) is 16.7. The minimum atomic E-state index is 0.150. The molecule has 0 saturated carbocycles. The highest BCUT2D eigenvalue weighted by atomic mass is 32.1. The number of amides is 1. The summed E-state index contributed by atoms with van der Waals surface area (Å²) < 4.78 is 0. The Balaban J connectivity index is 1.44. The van der Waals surface area contributed by atoms with E-state index in [1.807, 2.05) is 18.0 Å². The Morgan fingerprint density at radius 3 is 2.73 bits per heavy atom. The maximum atomic E-state index is 12.6. The van der Waals surface area contributed by atoms with E-state index in [0.29, 0.717) is 12.1 Å². The van der Waals surface area contributed by atoms with Crippen molar-refractivity contribution in [1.82, 2.24) is 15.8 Å². The third-order valence-corrected chi connectivity index (χ3v) is 6.50. The Kier molecular flexibility index (Phi) is 6.46. The van der Waals surface area contributed by atoms with Crippen LogP contribution in [0.2, 0.25) is 0 Å². The van der Waals surface area contributed by atoms with Crippen molar-refractivity contribution in [1.29, 1.82) is 0 Å². The number of nitrogens with zero attached hydrogens (tertiary/aromatic N) is 1. The third-order valence-electron chi connectivity index (χ3n) is 5.13. The Labute approximate surface area is 160 Å². The zero-order valence-electron chi connectivity index (χ0n) is 15.9. The number of thiophene rings is 1. The number of carbonyl (C=O) groups is 1. The van der Waals surface area contributed by atoms with E-state index < -0.39 is 0 Å². The molecule has 2 aromatic rings. The first-order valence-corrected chi connectivity index (χ1v) is 10.3. The Hall–Kier alpha value is -1.69. The Morgan fingerprint density at radius 1 is 1.27 bits per heavy atom. The number of rotatable bonds is 7. The molecule has 1 aliphatic heterocycles. The number of hydrogen-bond acceptors (Lipinski definition) is 4. The SMILES string of the molecule is CCc1sc(C(=O)N(C)CCCC2CC(c3ccccc3)NN2)cc1C. The van der Waals surface area contributed by atoms with Crippen molar-refractivity contribution in [2.24, 2.45) is 0 Å². The molecule has 26 heavy (non-hydrogen) atoms. The third kappa shape index (κ3) is 4.53. The van der Waals surface area contributed by atoms with Gasteiger partial charge in [0.25, 0.3) is 5.91 Å². The molecule has 2 heterocycles. The van der Waals surface area contributed by atoms with Gasteiger partial charge in [0, 0.05) is 30.6 Å². The van der Waals surface area contributed by atoms with Crippen molar-refractivity contribution in [3.63, 3.8) is 0 Å². The molecule has 2 N–H and O–H groups in total. The average molecular weight is 372 g/mol. The van der Waals surface area contributed by atoms with Crippen LogP contribution < -0.4 is 10.9 Å². The van der Waals surface area contributed by atoms with Crippen LogP contribution in [0.4, 0.5) is 0 Å². The van der Waals surface area contributed by atoms with Crippen molar-refractivity contribution >= 4 is 17.2 Å². The quantitative estimate of drug-likeness (QED) is 0.771. The minimum absolute atomic E-state index is 0.150. The highest BCUT2D eigenvalue weighted by Gasteiger charge is 2.24. The second-order valence-corrected chi connectivity index (χ2v) is 8.26. The molecule has 1 amide bonds. The summed E-state index contributed by atoms with van der Waals surface area (Å²) in [4.78, 5) is 16.6. The second-order valence-electron chi connectivity index (χ2n) is 7.12. The standard InChI is InChI=1S/C21H29N3OS/c1-4-19-15(2)13-20(26-19)21(25)24(3)12-8-11-17-14-18(23-22-17)16-9-6-5-7-10-16/h5-7,9-10,13,17-18,22-23H,4,8,11-12,14H2,1-3H3. The van der Waals surface area contributed by atoms with E-state index in [9.17, 15) is 4.79 Å². The maximum absolute atomic E-state index is 12.6. The largest absolute Gasteiger partial charge is 0.341 e. The first-order chi connectivity index (χ1) is 12.6. The van der Waals surface area contributed by atoms with Crippen molar-refractivity contribution < 1.29 is 4.79 Å². The summed E-state index contributed by atoms with van der Waals surface area (Å²) in [5, 5.41) is 0. The second kappa shape index (κ2) is 8.80. The summed E-state index contributed by atoms with van der Waals surface area (Å²) in [5.41, 5.74) is 9.37. The van der Waals surface area contributed by atoms with Crippen LogP contribution in [0.15, 0.2) is 36.4 Å². The van der Waals surface area contributed by atoms with Crippen LogP contribution in [0.25, 0.3) is 0 Å². The Bertz CT molecular complexity index is 728. The molecule has 0 spiro atoms. The summed E-state index contributed by atoms with van der Waals surface area (Å²) in [6, 6.07) is 13.4. The molecule has 1 fully saturated rings. The lowest BCUT2D eigenvalue weighted by Gasteiger charge is -2.17. The molecule has 1 aromatic heterocycles. The lowest BCUT2D eigenvalue weighted by atomic mass is 10.00.